The van der Waals surface area contributed by atoms with E-state index in [0.717, 1.165) is 22.4 Å². The summed E-state index contributed by atoms with van der Waals surface area (Å²) in [4.78, 5) is 0. The van der Waals surface area contributed by atoms with E-state index in [-0.39, 0.29) is 18.3 Å². The van der Waals surface area contributed by atoms with Gasteiger partial charge in [-0.15, -0.1) is 0 Å². The molecule has 2 aliphatic heterocycles. The Kier molecular flexibility index (Phi) is 3.38. The van der Waals surface area contributed by atoms with Crippen LogP contribution in [0.15, 0.2) is 42.5 Å². The fourth-order valence-corrected chi connectivity index (χ4v) is 3.04. The van der Waals surface area contributed by atoms with E-state index in [9.17, 15) is 0 Å². The lowest BCUT2D eigenvalue weighted by molar-refractivity contribution is 0.00578. The first-order valence-electron chi connectivity index (χ1n) is 8.39. The minimum Gasteiger partial charge on any atom is -0.399 e. The van der Waals surface area contributed by atoms with Crippen molar-refractivity contribution < 1.29 is 9.31 Å². The van der Waals surface area contributed by atoms with E-state index in [0.29, 0.717) is 0 Å². The van der Waals surface area contributed by atoms with E-state index in [2.05, 4.69) is 81.6 Å². The molecule has 0 saturated carbocycles. The highest BCUT2D eigenvalue weighted by Crippen LogP contribution is 2.37. The summed E-state index contributed by atoms with van der Waals surface area (Å²) >= 11 is 0. The summed E-state index contributed by atoms with van der Waals surface area (Å²) in [6, 6.07) is 14.6. The molecule has 122 valence electrons. The molecule has 0 unspecified atom stereocenters. The van der Waals surface area contributed by atoms with Gasteiger partial charge in [-0.1, -0.05) is 42.5 Å². The van der Waals surface area contributed by atoms with Crippen LogP contribution in [0.4, 0.5) is 11.4 Å². The van der Waals surface area contributed by atoms with Gasteiger partial charge in [0, 0.05) is 11.4 Å². The van der Waals surface area contributed by atoms with Crippen LogP contribution in [0.3, 0.4) is 0 Å². The zero-order valence-corrected chi connectivity index (χ0v) is 14.6. The van der Waals surface area contributed by atoms with Gasteiger partial charge in [0.25, 0.3) is 0 Å². The van der Waals surface area contributed by atoms with Crippen molar-refractivity contribution in [1.29, 1.82) is 0 Å². The monoisotopic (exact) mass is 319 g/mol. The standard InChI is InChI=1S/C20H22BNO2/c1-19(2)20(3,4)24-21(23-19)16-11-12-18-15(13-16)10-9-14-7-5-6-8-17(14)22-18/h5-13,22H,1-4H3. The van der Waals surface area contributed by atoms with Gasteiger partial charge in [-0.25, -0.2) is 0 Å². The molecule has 24 heavy (non-hydrogen) atoms. The Balaban J connectivity index is 1.68. The molecule has 4 rings (SSSR count). The van der Waals surface area contributed by atoms with Crippen molar-refractivity contribution in [3.8, 4) is 0 Å². The zero-order valence-electron chi connectivity index (χ0n) is 14.6. The van der Waals surface area contributed by atoms with Crippen LogP contribution in [0.2, 0.25) is 0 Å². The van der Waals surface area contributed by atoms with E-state index < -0.39 is 0 Å². The number of para-hydroxylation sites is 1. The van der Waals surface area contributed by atoms with Gasteiger partial charge in [0.15, 0.2) is 0 Å². The Labute approximate surface area is 143 Å². The van der Waals surface area contributed by atoms with E-state index in [1.165, 1.54) is 5.56 Å². The Morgan fingerprint density at radius 2 is 1.42 bits per heavy atom. The molecule has 3 nitrogen and oxygen atoms in total. The average molecular weight is 319 g/mol. The number of fused-ring (bicyclic) bond motifs is 2. The molecule has 0 aliphatic carbocycles. The van der Waals surface area contributed by atoms with E-state index >= 15 is 0 Å². The third-order valence-corrected chi connectivity index (χ3v) is 5.27. The molecule has 0 atom stereocenters. The summed E-state index contributed by atoms with van der Waals surface area (Å²) in [5.41, 5.74) is 4.94. The summed E-state index contributed by atoms with van der Waals surface area (Å²) in [6.07, 6.45) is 4.28. The second-order valence-corrected chi connectivity index (χ2v) is 7.48. The number of anilines is 2. The van der Waals surface area contributed by atoms with Crippen molar-refractivity contribution in [2.45, 2.75) is 38.9 Å². The molecule has 1 fully saturated rings. The van der Waals surface area contributed by atoms with Gasteiger partial charge in [0.1, 0.15) is 0 Å². The van der Waals surface area contributed by atoms with Gasteiger partial charge in [-0.2, -0.15) is 0 Å². The summed E-state index contributed by atoms with van der Waals surface area (Å²) < 4.78 is 12.3. The summed E-state index contributed by atoms with van der Waals surface area (Å²) in [5.74, 6) is 0. The molecule has 0 radical (unpaired) electrons. The lowest BCUT2D eigenvalue weighted by Crippen LogP contribution is -2.41. The van der Waals surface area contributed by atoms with E-state index in [4.69, 9.17) is 9.31 Å². The van der Waals surface area contributed by atoms with Crippen LogP contribution in [0.5, 0.6) is 0 Å². The topological polar surface area (TPSA) is 30.5 Å². The lowest BCUT2D eigenvalue weighted by Gasteiger charge is -2.32. The van der Waals surface area contributed by atoms with Gasteiger partial charge in [0.2, 0.25) is 0 Å². The minimum absolute atomic E-state index is 0.325. The molecule has 0 bridgehead atoms. The van der Waals surface area contributed by atoms with Crippen molar-refractivity contribution >= 4 is 36.1 Å². The number of benzene rings is 2. The summed E-state index contributed by atoms with van der Waals surface area (Å²) in [6.45, 7) is 8.31. The maximum absolute atomic E-state index is 6.17. The highest BCUT2D eigenvalue weighted by Gasteiger charge is 2.51. The lowest BCUT2D eigenvalue weighted by atomic mass is 9.78. The maximum atomic E-state index is 6.17. The second-order valence-electron chi connectivity index (χ2n) is 7.48. The Morgan fingerprint density at radius 3 is 2.17 bits per heavy atom. The Bertz CT molecular complexity index is 810. The number of hydrogen-bond donors (Lipinski definition) is 1. The molecular weight excluding hydrogens is 297 g/mol. The van der Waals surface area contributed by atoms with Crippen molar-refractivity contribution in [3.05, 3.63) is 53.6 Å². The average Bonchev–Trinajstić information content (AvgIpc) is 2.68. The van der Waals surface area contributed by atoms with Crippen LogP contribution >= 0.6 is 0 Å². The Morgan fingerprint density at radius 1 is 0.792 bits per heavy atom. The van der Waals surface area contributed by atoms with Crippen molar-refractivity contribution in [1.82, 2.24) is 0 Å². The first kappa shape index (κ1) is 15.5. The molecule has 2 aromatic carbocycles. The van der Waals surface area contributed by atoms with Crippen LogP contribution in [0, 0.1) is 0 Å². The zero-order chi connectivity index (χ0) is 16.9. The molecule has 2 aromatic rings. The molecule has 2 heterocycles. The molecule has 2 aliphatic rings. The predicted octanol–water partition coefficient (Wildman–Crippen LogP) is 4.21. The van der Waals surface area contributed by atoms with Gasteiger partial charge >= 0.3 is 7.12 Å². The quantitative estimate of drug-likeness (QED) is 0.682. The van der Waals surface area contributed by atoms with Crippen molar-refractivity contribution in [2.24, 2.45) is 0 Å². The highest BCUT2D eigenvalue weighted by atomic mass is 16.7. The normalized spacial score (nSPS) is 20.1. The number of rotatable bonds is 1. The Hall–Kier alpha value is -2.04. The minimum atomic E-state index is -0.334. The molecule has 1 N–H and O–H groups in total. The fourth-order valence-electron chi connectivity index (χ4n) is 3.04. The van der Waals surface area contributed by atoms with Crippen LogP contribution in [-0.2, 0) is 9.31 Å². The third kappa shape index (κ3) is 2.47. The van der Waals surface area contributed by atoms with Gasteiger partial charge in [-0.05, 0) is 56.4 Å². The SMILES string of the molecule is CC1(C)OB(c2ccc3c(c2)C=Cc2ccccc2N3)OC1(C)C. The van der Waals surface area contributed by atoms with E-state index in [1.807, 2.05) is 6.07 Å². The molecule has 4 heteroatoms. The van der Waals surface area contributed by atoms with Gasteiger partial charge < -0.3 is 14.6 Å². The largest absolute Gasteiger partial charge is 0.494 e. The predicted molar refractivity (Wildman–Crippen MR) is 101 cm³/mol. The number of hydrogen-bond acceptors (Lipinski definition) is 3. The molecule has 1 saturated heterocycles. The molecule has 0 spiro atoms. The van der Waals surface area contributed by atoms with Crippen LogP contribution < -0.4 is 10.8 Å². The molecule has 0 amide bonds. The highest BCUT2D eigenvalue weighted by molar-refractivity contribution is 6.62. The van der Waals surface area contributed by atoms with E-state index in [1.54, 1.807) is 0 Å². The summed E-state index contributed by atoms with van der Waals surface area (Å²) in [7, 11) is -0.334. The first-order chi connectivity index (χ1) is 11.4. The second kappa shape index (κ2) is 5.23. The molecular formula is C20H22BNO2. The number of nitrogens with one attached hydrogen (secondary N) is 1. The smallest absolute Gasteiger partial charge is 0.399 e. The molecule has 0 aromatic heterocycles. The van der Waals surface area contributed by atoms with Crippen LogP contribution in [0.25, 0.3) is 12.2 Å². The van der Waals surface area contributed by atoms with Gasteiger partial charge in [-0.3, -0.25) is 0 Å². The van der Waals surface area contributed by atoms with Crippen molar-refractivity contribution in [3.63, 3.8) is 0 Å². The maximum Gasteiger partial charge on any atom is 0.494 e. The summed E-state index contributed by atoms with van der Waals surface area (Å²) in [5, 5.41) is 3.51. The fraction of sp³-hybridized carbons (Fsp3) is 0.300. The van der Waals surface area contributed by atoms with Gasteiger partial charge in [0.05, 0.1) is 11.2 Å². The van der Waals surface area contributed by atoms with Crippen LogP contribution in [-0.4, -0.2) is 18.3 Å². The third-order valence-electron chi connectivity index (χ3n) is 5.27. The van der Waals surface area contributed by atoms with Crippen LogP contribution in [0.1, 0.15) is 38.8 Å². The van der Waals surface area contributed by atoms with Crippen molar-refractivity contribution in [2.75, 3.05) is 5.32 Å². The first-order valence-corrected chi connectivity index (χ1v) is 8.39.